The Morgan fingerprint density at radius 3 is 2.24 bits per heavy atom. The molecule has 1 amide bonds. The molecule has 0 spiro atoms. The predicted molar refractivity (Wildman–Crippen MR) is 134 cm³/mol. The van der Waals surface area contributed by atoms with Gasteiger partial charge in [-0.15, -0.1) is 0 Å². The van der Waals surface area contributed by atoms with Crippen molar-refractivity contribution in [3.63, 3.8) is 0 Å². The van der Waals surface area contributed by atoms with Gasteiger partial charge in [-0.2, -0.15) is 0 Å². The maximum Gasteiger partial charge on any atom is 0.410 e. The van der Waals surface area contributed by atoms with E-state index in [1.807, 2.05) is 46.9 Å². The quantitative estimate of drug-likeness (QED) is 0.501. The van der Waals surface area contributed by atoms with Crippen LogP contribution >= 0.6 is 0 Å². The number of carbonyl (C=O) groups excluding carboxylic acids is 1. The molecule has 0 saturated carbocycles. The highest BCUT2D eigenvalue weighted by Gasteiger charge is 2.26. The van der Waals surface area contributed by atoms with E-state index in [9.17, 15) is 4.79 Å². The van der Waals surface area contributed by atoms with Crippen LogP contribution < -0.4 is 4.90 Å². The molecule has 1 saturated heterocycles. The Kier molecular flexibility index (Phi) is 8.91. The van der Waals surface area contributed by atoms with Gasteiger partial charge in [-0.3, -0.25) is 4.98 Å². The molecule has 3 rings (SSSR count). The van der Waals surface area contributed by atoms with Gasteiger partial charge in [0.2, 0.25) is 6.29 Å². The summed E-state index contributed by atoms with van der Waals surface area (Å²) >= 11 is 0. The minimum absolute atomic E-state index is 0.232. The average Bonchev–Trinajstić information content (AvgIpc) is 2.78. The molecular weight excluding hydrogens is 430 g/mol. The van der Waals surface area contributed by atoms with Crippen LogP contribution in [0.4, 0.5) is 10.5 Å². The lowest BCUT2D eigenvalue weighted by molar-refractivity contribution is -0.142. The summed E-state index contributed by atoms with van der Waals surface area (Å²) in [5.41, 5.74) is 5.11. The number of hydrogen-bond donors (Lipinski definition) is 0. The molecule has 186 valence electrons. The zero-order valence-electron chi connectivity index (χ0n) is 21.5. The van der Waals surface area contributed by atoms with Crippen LogP contribution in [0, 0.1) is 6.92 Å². The molecule has 0 bridgehead atoms. The van der Waals surface area contributed by atoms with Gasteiger partial charge in [-0.05, 0) is 82.9 Å². The summed E-state index contributed by atoms with van der Waals surface area (Å²) < 4.78 is 16.8. The highest BCUT2D eigenvalue weighted by Crippen LogP contribution is 2.24. The van der Waals surface area contributed by atoms with Crippen LogP contribution in [0.5, 0.6) is 0 Å². The number of ether oxygens (including phenoxy) is 3. The number of anilines is 1. The standard InChI is InChI=1S/C27H39N3O4/c1-7-32-25(33-8-2)24-10-9-21(19-28-24)17-22-15-20(3)16-23(18-22)29-11-13-30(14-12-29)26(31)34-27(4,5)6/h9-10,15-16,18-19,25H,7-8,11-14,17H2,1-6H3. The van der Waals surface area contributed by atoms with Crippen LogP contribution in [0.2, 0.25) is 0 Å². The fourth-order valence-electron chi connectivity index (χ4n) is 4.04. The van der Waals surface area contributed by atoms with Crippen molar-refractivity contribution in [2.24, 2.45) is 0 Å². The molecular formula is C27H39N3O4. The number of benzene rings is 1. The third kappa shape index (κ3) is 7.43. The topological polar surface area (TPSA) is 64.1 Å². The number of pyridine rings is 1. The smallest absolute Gasteiger partial charge is 0.410 e. The molecule has 0 unspecified atom stereocenters. The van der Waals surface area contributed by atoms with Gasteiger partial charge in [0.1, 0.15) is 5.60 Å². The van der Waals surface area contributed by atoms with E-state index in [2.05, 4.69) is 41.1 Å². The minimum Gasteiger partial charge on any atom is -0.444 e. The first kappa shape index (κ1) is 26.0. The van der Waals surface area contributed by atoms with Crippen molar-refractivity contribution in [3.05, 3.63) is 58.9 Å². The van der Waals surface area contributed by atoms with Crippen molar-refractivity contribution >= 4 is 11.8 Å². The van der Waals surface area contributed by atoms with Gasteiger partial charge in [-0.1, -0.05) is 12.1 Å². The number of hydrogen-bond acceptors (Lipinski definition) is 6. The van der Waals surface area contributed by atoms with E-state index in [1.165, 1.54) is 16.8 Å². The summed E-state index contributed by atoms with van der Waals surface area (Å²) in [5.74, 6) is 0. The highest BCUT2D eigenvalue weighted by molar-refractivity contribution is 5.68. The molecule has 2 aromatic rings. The summed E-state index contributed by atoms with van der Waals surface area (Å²) in [4.78, 5) is 21.1. The third-order valence-corrected chi connectivity index (χ3v) is 5.55. The van der Waals surface area contributed by atoms with Crippen molar-refractivity contribution < 1.29 is 19.0 Å². The van der Waals surface area contributed by atoms with Gasteiger partial charge >= 0.3 is 6.09 Å². The lowest BCUT2D eigenvalue weighted by Gasteiger charge is -2.37. The van der Waals surface area contributed by atoms with E-state index < -0.39 is 11.9 Å². The van der Waals surface area contributed by atoms with E-state index in [0.29, 0.717) is 26.3 Å². The van der Waals surface area contributed by atoms with Gasteiger partial charge < -0.3 is 24.0 Å². The minimum atomic E-state index is -0.473. The van der Waals surface area contributed by atoms with Crippen LogP contribution in [0.1, 0.15) is 63.3 Å². The molecule has 0 aliphatic carbocycles. The maximum atomic E-state index is 12.4. The summed E-state index contributed by atoms with van der Waals surface area (Å²) in [6.45, 7) is 15.8. The van der Waals surface area contributed by atoms with E-state index >= 15 is 0 Å². The monoisotopic (exact) mass is 469 g/mol. The van der Waals surface area contributed by atoms with Gasteiger partial charge in [0, 0.05) is 51.3 Å². The molecule has 1 aromatic carbocycles. The molecule has 1 aromatic heterocycles. The number of piperazine rings is 1. The van der Waals surface area contributed by atoms with Crippen molar-refractivity contribution in [1.82, 2.24) is 9.88 Å². The fourth-order valence-corrected chi connectivity index (χ4v) is 4.04. The number of aromatic nitrogens is 1. The summed E-state index contributed by atoms with van der Waals surface area (Å²) in [5, 5.41) is 0. The molecule has 0 atom stereocenters. The van der Waals surface area contributed by atoms with Crippen LogP contribution in [0.15, 0.2) is 36.5 Å². The number of rotatable bonds is 8. The lowest BCUT2D eigenvalue weighted by atomic mass is 10.0. The molecule has 34 heavy (non-hydrogen) atoms. The molecule has 1 fully saturated rings. The van der Waals surface area contributed by atoms with Crippen LogP contribution in [-0.4, -0.2) is 61.0 Å². The summed E-state index contributed by atoms with van der Waals surface area (Å²) in [6.07, 6.45) is 2.05. The molecule has 7 heteroatoms. The zero-order valence-corrected chi connectivity index (χ0v) is 21.5. The van der Waals surface area contributed by atoms with Gasteiger partial charge in [-0.25, -0.2) is 4.79 Å². The first-order valence-electron chi connectivity index (χ1n) is 12.2. The van der Waals surface area contributed by atoms with Crippen molar-refractivity contribution in [3.8, 4) is 0 Å². The zero-order chi connectivity index (χ0) is 24.7. The lowest BCUT2D eigenvalue weighted by Crippen LogP contribution is -2.50. The predicted octanol–water partition coefficient (Wildman–Crippen LogP) is 5.11. The Morgan fingerprint density at radius 1 is 1.00 bits per heavy atom. The number of aryl methyl sites for hydroxylation is 1. The number of nitrogens with zero attached hydrogens (tertiary/aromatic N) is 3. The van der Waals surface area contributed by atoms with Crippen molar-refractivity contribution in [2.75, 3.05) is 44.3 Å². The van der Waals surface area contributed by atoms with Crippen LogP contribution in [0.25, 0.3) is 0 Å². The second kappa shape index (κ2) is 11.7. The number of amides is 1. The Morgan fingerprint density at radius 2 is 1.68 bits per heavy atom. The Bertz CT molecular complexity index is 926. The second-order valence-electron chi connectivity index (χ2n) is 9.64. The van der Waals surface area contributed by atoms with Crippen LogP contribution in [0.3, 0.4) is 0 Å². The molecule has 7 nitrogen and oxygen atoms in total. The van der Waals surface area contributed by atoms with Crippen molar-refractivity contribution in [2.45, 2.75) is 59.9 Å². The largest absolute Gasteiger partial charge is 0.444 e. The van der Waals surface area contributed by atoms with E-state index in [-0.39, 0.29) is 6.09 Å². The fraction of sp³-hybridized carbons (Fsp3) is 0.556. The third-order valence-electron chi connectivity index (χ3n) is 5.55. The highest BCUT2D eigenvalue weighted by atomic mass is 16.7. The molecule has 2 heterocycles. The van der Waals surface area contributed by atoms with E-state index in [4.69, 9.17) is 14.2 Å². The van der Waals surface area contributed by atoms with E-state index in [0.717, 1.165) is 30.8 Å². The van der Waals surface area contributed by atoms with Crippen LogP contribution in [-0.2, 0) is 20.6 Å². The van der Waals surface area contributed by atoms with Crippen molar-refractivity contribution in [1.29, 1.82) is 0 Å². The normalized spacial score (nSPS) is 14.6. The maximum absolute atomic E-state index is 12.4. The SMILES string of the molecule is CCOC(OCC)c1ccc(Cc2cc(C)cc(N3CCN(C(=O)OC(C)(C)C)CC3)c2)cn1. The second-order valence-corrected chi connectivity index (χ2v) is 9.64. The summed E-state index contributed by atoms with van der Waals surface area (Å²) in [7, 11) is 0. The Labute approximate surface area is 204 Å². The summed E-state index contributed by atoms with van der Waals surface area (Å²) in [6, 6.07) is 10.8. The number of carbonyl (C=O) groups is 1. The van der Waals surface area contributed by atoms with Gasteiger partial charge in [0.05, 0.1) is 5.69 Å². The van der Waals surface area contributed by atoms with Gasteiger partial charge in [0.15, 0.2) is 0 Å². The first-order valence-corrected chi connectivity index (χ1v) is 12.2. The molecule has 1 aliphatic heterocycles. The molecule has 0 radical (unpaired) electrons. The average molecular weight is 470 g/mol. The Hall–Kier alpha value is -2.64. The van der Waals surface area contributed by atoms with E-state index in [1.54, 1.807) is 4.90 Å². The first-order chi connectivity index (χ1) is 16.2. The van der Waals surface area contributed by atoms with Gasteiger partial charge in [0.25, 0.3) is 0 Å². The Balaban J connectivity index is 1.64. The molecule has 0 N–H and O–H groups in total. The molecule has 1 aliphatic rings.